The van der Waals surface area contributed by atoms with Crippen LogP contribution in [0, 0.1) is 0 Å². The third-order valence-electron chi connectivity index (χ3n) is 3.47. The summed E-state index contributed by atoms with van der Waals surface area (Å²) in [4.78, 5) is 4.03. The van der Waals surface area contributed by atoms with Crippen LogP contribution in [-0.2, 0) is 6.18 Å². The molecule has 1 unspecified atom stereocenters. The number of rotatable bonds is 2. The molecule has 0 amide bonds. The van der Waals surface area contributed by atoms with Gasteiger partial charge < -0.3 is 10.6 Å². The number of hydrogen-bond acceptors (Lipinski definition) is 3. The van der Waals surface area contributed by atoms with Gasteiger partial charge in [-0.1, -0.05) is 0 Å². The van der Waals surface area contributed by atoms with Gasteiger partial charge in [0, 0.05) is 29.9 Å². The summed E-state index contributed by atoms with van der Waals surface area (Å²) in [5, 5.41) is 7.09. The van der Waals surface area contributed by atoms with E-state index >= 15 is 0 Å². The Morgan fingerprint density at radius 3 is 2.76 bits per heavy atom. The summed E-state index contributed by atoms with van der Waals surface area (Å²) < 4.78 is 38.8. The Morgan fingerprint density at radius 2 is 2.10 bits per heavy atom. The van der Waals surface area contributed by atoms with Crippen molar-refractivity contribution in [3.05, 3.63) is 36.0 Å². The largest absolute Gasteiger partial charge is 0.416 e. The molecule has 1 saturated heterocycles. The van der Waals surface area contributed by atoms with E-state index in [-0.39, 0.29) is 18.4 Å². The Bertz CT molecular complexity index is 624. The van der Waals surface area contributed by atoms with Gasteiger partial charge in [-0.15, -0.1) is 12.4 Å². The molecule has 1 fully saturated rings. The molecule has 0 bridgehead atoms. The smallest absolute Gasteiger partial charge is 0.380 e. The lowest BCUT2D eigenvalue weighted by molar-refractivity contribution is -0.137. The fourth-order valence-electron chi connectivity index (χ4n) is 2.46. The van der Waals surface area contributed by atoms with Gasteiger partial charge in [0.25, 0.3) is 0 Å². The number of fused-ring (bicyclic) bond motifs is 1. The van der Waals surface area contributed by atoms with Gasteiger partial charge in [-0.25, -0.2) is 0 Å². The molecule has 1 aromatic heterocycles. The van der Waals surface area contributed by atoms with Gasteiger partial charge >= 0.3 is 6.18 Å². The van der Waals surface area contributed by atoms with Crippen molar-refractivity contribution in [2.75, 3.05) is 18.4 Å². The first-order valence-corrected chi connectivity index (χ1v) is 6.47. The number of nitrogens with zero attached hydrogens (tertiary/aromatic N) is 1. The van der Waals surface area contributed by atoms with Crippen LogP contribution in [0.5, 0.6) is 0 Å². The Morgan fingerprint density at radius 1 is 1.29 bits per heavy atom. The number of aromatic nitrogens is 1. The molecule has 2 N–H and O–H groups in total. The van der Waals surface area contributed by atoms with Crippen LogP contribution in [0.25, 0.3) is 10.9 Å². The summed E-state index contributed by atoms with van der Waals surface area (Å²) in [7, 11) is 0. The molecule has 7 heteroatoms. The van der Waals surface area contributed by atoms with Gasteiger partial charge in [0.1, 0.15) is 0 Å². The van der Waals surface area contributed by atoms with Crippen LogP contribution in [0.1, 0.15) is 12.0 Å². The number of anilines is 1. The maximum absolute atomic E-state index is 12.9. The zero-order chi connectivity index (χ0) is 14.2. The van der Waals surface area contributed by atoms with E-state index in [9.17, 15) is 13.2 Å². The van der Waals surface area contributed by atoms with Crippen LogP contribution in [0.2, 0.25) is 0 Å². The second-order valence-electron chi connectivity index (χ2n) is 4.93. The number of benzene rings is 1. The van der Waals surface area contributed by atoms with Crippen molar-refractivity contribution in [1.82, 2.24) is 10.3 Å². The molecule has 1 atom stereocenters. The first kappa shape index (κ1) is 15.9. The lowest BCUT2D eigenvalue weighted by Crippen LogP contribution is -2.22. The molecule has 0 saturated carbocycles. The normalized spacial score (nSPS) is 18.5. The van der Waals surface area contributed by atoms with Crippen molar-refractivity contribution < 1.29 is 13.2 Å². The molecule has 21 heavy (non-hydrogen) atoms. The molecular weight excluding hydrogens is 303 g/mol. The molecule has 1 aromatic carbocycles. The van der Waals surface area contributed by atoms with Crippen molar-refractivity contribution in [3.8, 4) is 0 Å². The molecule has 0 spiro atoms. The molecule has 0 aliphatic carbocycles. The average Bonchev–Trinajstić information content (AvgIpc) is 2.90. The van der Waals surface area contributed by atoms with Crippen LogP contribution >= 0.6 is 12.4 Å². The maximum Gasteiger partial charge on any atom is 0.416 e. The fourth-order valence-corrected chi connectivity index (χ4v) is 2.46. The quantitative estimate of drug-likeness (QED) is 0.891. The number of pyridine rings is 1. The van der Waals surface area contributed by atoms with Crippen molar-refractivity contribution in [1.29, 1.82) is 0 Å². The topological polar surface area (TPSA) is 37.0 Å². The molecule has 0 radical (unpaired) electrons. The van der Waals surface area contributed by atoms with E-state index in [4.69, 9.17) is 0 Å². The predicted octanol–water partition coefficient (Wildman–Crippen LogP) is 3.45. The van der Waals surface area contributed by atoms with Crippen LogP contribution < -0.4 is 10.6 Å². The lowest BCUT2D eigenvalue weighted by atomic mass is 10.1. The predicted molar refractivity (Wildman–Crippen MR) is 78.9 cm³/mol. The van der Waals surface area contributed by atoms with Gasteiger partial charge in [-0.05, 0) is 37.2 Å². The number of halogens is 4. The Labute approximate surface area is 126 Å². The monoisotopic (exact) mass is 317 g/mol. The zero-order valence-corrected chi connectivity index (χ0v) is 11.9. The molecule has 3 rings (SSSR count). The van der Waals surface area contributed by atoms with Crippen LogP contribution in [0.15, 0.2) is 30.5 Å². The van der Waals surface area contributed by atoms with Gasteiger partial charge in [-0.3, -0.25) is 4.98 Å². The maximum atomic E-state index is 12.9. The molecular formula is C14H15ClF3N3. The minimum Gasteiger partial charge on any atom is -0.380 e. The summed E-state index contributed by atoms with van der Waals surface area (Å²) >= 11 is 0. The summed E-state index contributed by atoms with van der Waals surface area (Å²) in [6.07, 6.45) is -1.96. The summed E-state index contributed by atoms with van der Waals surface area (Å²) in [6, 6.07) is 5.93. The van der Waals surface area contributed by atoms with E-state index in [0.717, 1.165) is 25.6 Å². The van der Waals surface area contributed by atoms with Crippen LogP contribution in [0.3, 0.4) is 0 Å². The van der Waals surface area contributed by atoms with E-state index in [2.05, 4.69) is 15.6 Å². The number of nitrogens with one attached hydrogen (secondary N) is 2. The second-order valence-corrected chi connectivity index (χ2v) is 4.93. The van der Waals surface area contributed by atoms with E-state index in [1.54, 1.807) is 12.1 Å². The zero-order valence-electron chi connectivity index (χ0n) is 11.1. The molecule has 3 nitrogen and oxygen atoms in total. The SMILES string of the molecule is Cl.FC(F)(F)c1cc(NC2CCNC2)c2cccnc2c1. The van der Waals surface area contributed by atoms with Crippen LogP contribution in [0.4, 0.5) is 18.9 Å². The van der Waals surface area contributed by atoms with Gasteiger partial charge in [-0.2, -0.15) is 13.2 Å². The summed E-state index contributed by atoms with van der Waals surface area (Å²) in [5.41, 5.74) is 0.185. The highest BCUT2D eigenvalue weighted by Crippen LogP contribution is 2.35. The highest BCUT2D eigenvalue weighted by molar-refractivity contribution is 5.92. The first-order chi connectivity index (χ1) is 9.54. The highest BCUT2D eigenvalue weighted by atomic mass is 35.5. The minimum atomic E-state index is -4.37. The standard InChI is InChI=1S/C14H14F3N3.ClH/c15-14(16,17)9-6-12-11(2-1-4-19-12)13(7-9)20-10-3-5-18-8-10;/h1-2,4,6-7,10,18,20H,3,5,8H2;1H. The van der Waals surface area contributed by atoms with Crippen molar-refractivity contribution in [3.63, 3.8) is 0 Å². The molecule has 114 valence electrons. The Balaban J connectivity index is 0.00000161. The number of alkyl halides is 3. The van der Waals surface area contributed by atoms with E-state index < -0.39 is 11.7 Å². The molecule has 2 aromatic rings. The summed E-state index contributed by atoms with van der Waals surface area (Å²) in [6.45, 7) is 1.64. The molecule has 2 heterocycles. The van der Waals surface area contributed by atoms with E-state index in [1.165, 1.54) is 12.3 Å². The van der Waals surface area contributed by atoms with E-state index in [1.807, 2.05) is 0 Å². The Kier molecular flexibility index (Phi) is 4.58. The third kappa shape index (κ3) is 3.39. The number of hydrogen-bond donors (Lipinski definition) is 2. The van der Waals surface area contributed by atoms with Gasteiger partial charge in [0.15, 0.2) is 0 Å². The minimum absolute atomic E-state index is 0. The molecule has 1 aliphatic rings. The van der Waals surface area contributed by atoms with Crippen molar-refractivity contribution >= 4 is 29.0 Å². The molecule has 1 aliphatic heterocycles. The Hall–Kier alpha value is -1.53. The lowest BCUT2D eigenvalue weighted by Gasteiger charge is -2.17. The third-order valence-corrected chi connectivity index (χ3v) is 3.47. The summed E-state index contributed by atoms with van der Waals surface area (Å²) in [5.74, 6) is 0. The van der Waals surface area contributed by atoms with Gasteiger partial charge in [0.05, 0.1) is 11.1 Å². The van der Waals surface area contributed by atoms with Crippen LogP contribution in [-0.4, -0.2) is 24.1 Å². The fraction of sp³-hybridized carbons (Fsp3) is 0.357. The first-order valence-electron chi connectivity index (χ1n) is 6.47. The van der Waals surface area contributed by atoms with Crippen molar-refractivity contribution in [2.45, 2.75) is 18.6 Å². The van der Waals surface area contributed by atoms with Crippen molar-refractivity contribution in [2.24, 2.45) is 0 Å². The van der Waals surface area contributed by atoms with Gasteiger partial charge in [0.2, 0.25) is 0 Å². The average molecular weight is 318 g/mol. The highest BCUT2D eigenvalue weighted by Gasteiger charge is 2.31. The van der Waals surface area contributed by atoms with E-state index in [0.29, 0.717) is 16.6 Å². The second kappa shape index (κ2) is 6.07.